The predicted molar refractivity (Wildman–Crippen MR) is 69.8 cm³/mol. The zero-order valence-electron chi connectivity index (χ0n) is 10.7. The Morgan fingerprint density at radius 2 is 1.95 bits per heavy atom. The number of rotatable bonds is 3. The third-order valence-corrected chi connectivity index (χ3v) is 3.59. The van der Waals surface area contributed by atoms with Crippen LogP contribution in [0.3, 0.4) is 0 Å². The summed E-state index contributed by atoms with van der Waals surface area (Å²) in [6.07, 6.45) is -0.524. The summed E-state index contributed by atoms with van der Waals surface area (Å²) in [4.78, 5) is 13.8. The molecule has 2 aliphatic heterocycles. The summed E-state index contributed by atoms with van der Waals surface area (Å²) in [7, 11) is 0. The highest BCUT2D eigenvalue weighted by molar-refractivity contribution is 5.70. The molecule has 0 saturated carbocycles. The van der Waals surface area contributed by atoms with E-state index in [4.69, 9.17) is 9.47 Å². The first kappa shape index (κ1) is 12.4. The second-order valence-corrected chi connectivity index (χ2v) is 4.90. The standard InChI is InChI=1S/C14H18N2O3/c17-14-15-12(10-16-6-8-18-9-7-16)13(19-14)11-4-2-1-3-5-11/h1-5,12-13H,6-10H2,(H,15,17)/t12-,13+/m0/s1. The molecule has 19 heavy (non-hydrogen) atoms. The minimum Gasteiger partial charge on any atom is -0.439 e. The lowest BCUT2D eigenvalue weighted by Gasteiger charge is -2.30. The topological polar surface area (TPSA) is 50.8 Å². The maximum absolute atomic E-state index is 11.5. The monoisotopic (exact) mass is 262 g/mol. The molecule has 0 aliphatic carbocycles. The normalized spacial score (nSPS) is 27.9. The number of nitrogens with zero attached hydrogens (tertiary/aromatic N) is 1. The summed E-state index contributed by atoms with van der Waals surface area (Å²) >= 11 is 0. The van der Waals surface area contributed by atoms with Gasteiger partial charge >= 0.3 is 6.09 Å². The van der Waals surface area contributed by atoms with Gasteiger partial charge in [-0.3, -0.25) is 4.90 Å². The summed E-state index contributed by atoms with van der Waals surface area (Å²) in [5.74, 6) is 0. The lowest BCUT2D eigenvalue weighted by atomic mass is 10.0. The van der Waals surface area contributed by atoms with Crippen LogP contribution < -0.4 is 5.32 Å². The average Bonchev–Trinajstić information content (AvgIpc) is 2.82. The van der Waals surface area contributed by atoms with Crippen molar-refractivity contribution in [1.29, 1.82) is 0 Å². The summed E-state index contributed by atoms with van der Waals surface area (Å²) < 4.78 is 10.7. The number of hydrogen-bond donors (Lipinski definition) is 1. The van der Waals surface area contributed by atoms with Gasteiger partial charge in [-0.1, -0.05) is 30.3 Å². The quantitative estimate of drug-likeness (QED) is 0.888. The molecule has 0 radical (unpaired) electrons. The molecule has 0 bridgehead atoms. The van der Waals surface area contributed by atoms with Gasteiger partial charge in [-0.2, -0.15) is 0 Å². The van der Waals surface area contributed by atoms with E-state index in [0.717, 1.165) is 38.4 Å². The molecule has 5 nitrogen and oxygen atoms in total. The number of amides is 1. The number of carbonyl (C=O) groups excluding carboxylic acids is 1. The molecule has 0 aromatic heterocycles. The molecule has 2 heterocycles. The Hall–Kier alpha value is -1.59. The van der Waals surface area contributed by atoms with Crippen molar-refractivity contribution in [3.8, 4) is 0 Å². The van der Waals surface area contributed by atoms with Gasteiger partial charge in [-0.15, -0.1) is 0 Å². The van der Waals surface area contributed by atoms with Crippen LogP contribution in [0.1, 0.15) is 11.7 Å². The van der Waals surface area contributed by atoms with E-state index in [1.165, 1.54) is 0 Å². The van der Waals surface area contributed by atoms with Gasteiger partial charge in [0.25, 0.3) is 0 Å². The highest BCUT2D eigenvalue weighted by Crippen LogP contribution is 2.26. The number of benzene rings is 1. The number of ether oxygens (including phenoxy) is 2. The molecular formula is C14H18N2O3. The highest BCUT2D eigenvalue weighted by atomic mass is 16.6. The van der Waals surface area contributed by atoms with Crippen LogP contribution in [-0.2, 0) is 9.47 Å². The van der Waals surface area contributed by atoms with Crippen LogP contribution in [0.2, 0.25) is 0 Å². The van der Waals surface area contributed by atoms with Crippen LogP contribution in [0, 0.1) is 0 Å². The fourth-order valence-electron chi connectivity index (χ4n) is 2.60. The lowest BCUT2D eigenvalue weighted by molar-refractivity contribution is 0.0293. The van der Waals surface area contributed by atoms with Gasteiger partial charge in [-0.05, 0) is 5.56 Å². The molecule has 1 amide bonds. The summed E-state index contributed by atoms with van der Waals surface area (Å²) in [6.45, 7) is 4.14. The zero-order valence-corrected chi connectivity index (χ0v) is 10.7. The van der Waals surface area contributed by atoms with Gasteiger partial charge in [0.2, 0.25) is 0 Å². The third-order valence-electron chi connectivity index (χ3n) is 3.59. The summed E-state index contributed by atoms with van der Waals surface area (Å²) in [6, 6.07) is 9.90. The largest absolute Gasteiger partial charge is 0.439 e. The molecule has 0 spiro atoms. The first-order chi connectivity index (χ1) is 9.33. The molecule has 2 atom stereocenters. The summed E-state index contributed by atoms with van der Waals surface area (Å²) in [5, 5.41) is 2.91. The molecule has 1 aromatic carbocycles. The minimum atomic E-state index is -0.327. The zero-order chi connectivity index (χ0) is 13.1. The number of carbonyl (C=O) groups is 1. The first-order valence-electron chi connectivity index (χ1n) is 6.65. The van der Waals surface area contributed by atoms with Gasteiger partial charge in [-0.25, -0.2) is 4.79 Å². The number of nitrogens with one attached hydrogen (secondary N) is 1. The number of hydrogen-bond acceptors (Lipinski definition) is 4. The lowest BCUT2D eigenvalue weighted by Crippen LogP contribution is -2.45. The van der Waals surface area contributed by atoms with Gasteiger partial charge < -0.3 is 14.8 Å². The van der Waals surface area contributed by atoms with Crippen LogP contribution in [0.4, 0.5) is 4.79 Å². The number of morpholine rings is 1. The number of alkyl carbamates (subject to hydrolysis) is 1. The molecule has 2 fully saturated rings. The molecular weight excluding hydrogens is 244 g/mol. The summed E-state index contributed by atoms with van der Waals surface area (Å²) in [5.41, 5.74) is 1.04. The van der Waals surface area contributed by atoms with E-state index in [1.54, 1.807) is 0 Å². The van der Waals surface area contributed by atoms with E-state index in [-0.39, 0.29) is 18.2 Å². The van der Waals surface area contributed by atoms with Crippen molar-refractivity contribution in [2.75, 3.05) is 32.8 Å². The van der Waals surface area contributed by atoms with Gasteiger partial charge in [0.15, 0.2) is 6.10 Å². The van der Waals surface area contributed by atoms with E-state index in [0.29, 0.717) is 0 Å². The van der Waals surface area contributed by atoms with Crippen LogP contribution in [-0.4, -0.2) is 49.9 Å². The Labute approximate surface area is 112 Å². The molecule has 3 rings (SSSR count). The van der Waals surface area contributed by atoms with Crippen molar-refractivity contribution >= 4 is 6.09 Å². The Kier molecular flexibility index (Phi) is 3.66. The van der Waals surface area contributed by atoms with Crippen LogP contribution in [0.25, 0.3) is 0 Å². The van der Waals surface area contributed by atoms with Crippen molar-refractivity contribution in [1.82, 2.24) is 10.2 Å². The van der Waals surface area contributed by atoms with Crippen molar-refractivity contribution < 1.29 is 14.3 Å². The van der Waals surface area contributed by atoms with Gasteiger partial charge in [0.1, 0.15) is 0 Å². The van der Waals surface area contributed by atoms with Gasteiger partial charge in [0.05, 0.1) is 19.3 Å². The van der Waals surface area contributed by atoms with E-state index < -0.39 is 0 Å². The van der Waals surface area contributed by atoms with Crippen molar-refractivity contribution in [2.24, 2.45) is 0 Å². The maximum Gasteiger partial charge on any atom is 0.408 e. The van der Waals surface area contributed by atoms with Gasteiger partial charge in [0, 0.05) is 19.6 Å². The average molecular weight is 262 g/mol. The van der Waals surface area contributed by atoms with Crippen molar-refractivity contribution in [3.05, 3.63) is 35.9 Å². The first-order valence-corrected chi connectivity index (χ1v) is 6.65. The molecule has 1 aromatic rings. The SMILES string of the molecule is O=C1N[C@@H](CN2CCOCC2)[C@@H](c2ccccc2)O1. The predicted octanol–water partition coefficient (Wildman–Crippen LogP) is 1.17. The van der Waals surface area contributed by atoms with Crippen LogP contribution in [0.15, 0.2) is 30.3 Å². The Bertz CT molecular complexity index is 432. The second-order valence-electron chi connectivity index (χ2n) is 4.90. The molecule has 1 N–H and O–H groups in total. The highest BCUT2D eigenvalue weighted by Gasteiger charge is 2.36. The molecule has 2 aliphatic rings. The van der Waals surface area contributed by atoms with E-state index in [2.05, 4.69) is 10.2 Å². The second kappa shape index (κ2) is 5.59. The third kappa shape index (κ3) is 2.88. The Morgan fingerprint density at radius 3 is 2.68 bits per heavy atom. The van der Waals surface area contributed by atoms with Crippen LogP contribution >= 0.6 is 0 Å². The smallest absolute Gasteiger partial charge is 0.408 e. The fraction of sp³-hybridized carbons (Fsp3) is 0.500. The maximum atomic E-state index is 11.5. The fourth-order valence-corrected chi connectivity index (χ4v) is 2.60. The minimum absolute atomic E-state index is 0.00741. The van der Waals surface area contributed by atoms with E-state index in [1.807, 2.05) is 30.3 Å². The van der Waals surface area contributed by atoms with Crippen LogP contribution in [0.5, 0.6) is 0 Å². The van der Waals surface area contributed by atoms with Crippen molar-refractivity contribution in [3.63, 3.8) is 0 Å². The molecule has 102 valence electrons. The van der Waals surface area contributed by atoms with Crippen molar-refractivity contribution in [2.45, 2.75) is 12.1 Å². The Morgan fingerprint density at radius 1 is 1.21 bits per heavy atom. The molecule has 0 unspecified atom stereocenters. The molecule has 5 heteroatoms. The van der Waals surface area contributed by atoms with E-state index >= 15 is 0 Å². The van der Waals surface area contributed by atoms with E-state index in [9.17, 15) is 4.79 Å². The molecule has 2 saturated heterocycles. The Balaban J connectivity index is 1.69. The number of cyclic esters (lactones) is 1.